The lowest BCUT2D eigenvalue weighted by Crippen LogP contribution is -2.07. The fourth-order valence-corrected chi connectivity index (χ4v) is 2.32. The van der Waals surface area contributed by atoms with E-state index in [1.165, 1.54) is 6.20 Å². The minimum absolute atomic E-state index is 0.0930. The lowest BCUT2D eigenvalue weighted by molar-refractivity contribution is 0.0923. The third-order valence-corrected chi connectivity index (χ3v) is 3.33. The molecule has 1 aliphatic heterocycles. The first kappa shape index (κ1) is 12.5. The molecule has 2 heterocycles. The molecular weight excluding hydrogens is 238 g/mol. The summed E-state index contributed by atoms with van der Waals surface area (Å²) in [5.41, 5.74) is 0.578. The Morgan fingerprint density at radius 1 is 1.59 bits per heavy atom. The second-order valence-corrected chi connectivity index (χ2v) is 4.71. The van der Waals surface area contributed by atoms with Crippen LogP contribution in [0.2, 0.25) is 5.02 Å². The molecule has 92 valence electrons. The molecule has 0 N–H and O–H groups in total. The summed E-state index contributed by atoms with van der Waals surface area (Å²) in [6.45, 7) is 0.870. The minimum Gasteiger partial charge on any atom is -0.378 e. The number of carbonyl (C=O) groups is 1. The quantitative estimate of drug-likeness (QED) is 0.756. The fraction of sp³-hybridized carbons (Fsp3) is 0.538. The van der Waals surface area contributed by atoms with Crippen LogP contribution < -0.4 is 0 Å². The zero-order valence-electron chi connectivity index (χ0n) is 9.69. The molecule has 4 heteroatoms. The number of carbonyl (C=O) groups excluding carboxylic acids is 1. The van der Waals surface area contributed by atoms with Crippen molar-refractivity contribution in [2.24, 2.45) is 0 Å². The van der Waals surface area contributed by atoms with E-state index >= 15 is 0 Å². The topological polar surface area (TPSA) is 39.2 Å². The van der Waals surface area contributed by atoms with Crippen molar-refractivity contribution in [2.75, 3.05) is 6.61 Å². The zero-order chi connectivity index (χ0) is 12.1. The van der Waals surface area contributed by atoms with E-state index in [1.807, 2.05) is 0 Å². The number of rotatable bonds is 5. The lowest BCUT2D eigenvalue weighted by atomic mass is 10.0. The van der Waals surface area contributed by atoms with Gasteiger partial charge in [-0.3, -0.25) is 9.78 Å². The van der Waals surface area contributed by atoms with E-state index < -0.39 is 0 Å². The van der Waals surface area contributed by atoms with Crippen molar-refractivity contribution in [1.82, 2.24) is 4.98 Å². The molecule has 0 spiro atoms. The Kier molecular flexibility index (Phi) is 4.51. The highest BCUT2D eigenvalue weighted by molar-refractivity contribution is 6.33. The van der Waals surface area contributed by atoms with Gasteiger partial charge >= 0.3 is 0 Å². The number of ether oxygens (including phenoxy) is 1. The summed E-state index contributed by atoms with van der Waals surface area (Å²) >= 11 is 5.92. The predicted octanol–water partition coefficient (Wildman–Crippen LogP) is 3.27. The highest BCUT2D eigenvalue weighted by Gasteiger charge is 2.16. The van der Waals surface area contributed by atoms with Crippen molar-refractivity contribution in [1.29, 1.82) is 0 Å². The van der Waals surface area contributed by atoms with Crippen LogP contribution in [0.15, 0.2) is 18.5 Å². The van der Waals surface area contributed by atoms with Crippen LogP contribution in [0.5, 0.6) is 0 Å². The summed E-state index contributed by atoms with van der Waals surface area (Å²) in [5, 5.41) is 0.439. The third kappa shape index (κ3) is 3.51. The van der Waals surface area contributed by atoms with Crippen molar-refractivity contribution in [3.05, 3.63) is 29.0 Å². The molecule has 17 heavy (non-hydrogen) atoms. The summed E-state index contributed by atoms with van der Waals surface area (Å²) < 4.78 is 5.52. The van der Waals surface area contributed by atoms with Crippen LogP contribution in [0.3, 0.4) is 0 Å². The van der Waals surface area contributed by atoms with Crippen LogP contribution in [-0.2, 0) is 4.74 Å². The molecule has 0 aromatic carbocycles. The molecule has 2 rings (SSSR count). The number of hydrogen-bond donors (Lipinski definition) is 0. The molecule has 1 aliphatic rings. The smallest absolute Gasteiger partial charge is 0.164 e. The average Bonchev–Trinajstić information content (AvgIpc) is 2.82. The van der Waals surface area contributed by atoms with Gasteiger partial charge in [-0.1, -0.05) is 11.6 Å². The van der Waals surface area contributed by atoms with Crippen LogP contribution in [0, 0.1) is 0 Å². The molecule has 0 aliphatic carbocycles. The van der Waals surface area contributed by atoms with Gasteiger partial charge in [0.15, 0.2) is 5.78 Å². The lowest BCUT2D eigenvalue weighted by Gasteiger charge is -2.08. The van der Waals surface area contributed by atoms with Gasteiger partial charge in [-0.05, 0) is 31.7 Å². The fourth-order valence-electron chi connectivity index (χ4n) is 2.10. The Hall–Kier alpha value is -0.930. The maximum atomic E-state index is 11.9. The Bertz CT molecular complexity index is 389. The van der Waals surface area contributed by atoms with E-state index in [0.717, 1.165) is 32.3 Å². The molecule has 1 unspecified atom stereocenters. The molecule has 1 aromatic heterocycles. The van der Waals surface area contributed by atoms with E-state index in [1.54, 1.807) is 12.3 Å². The van der Waals surface area contributed by atoms with Gasteiger partial charge in [-0.2, -0.15) is 0 Å². The van der Waals surface area contributed by atoms with Crippen LogP contribution in [-0.4, -0.2) is 23.5 Å². The summed E-state index contributed by atoms with van der Waals surface area (Å²) in [4.78, 5) is 15.8. The molecule has 3 nitrogen and oxygen atoms in total. The van der Waals surface area contributed by atoms with Crippen molar-refractivity contribution in [3.8, 4) is 0 Å². The third-order valence-electron chi connectivity index (χ3n) is 3.03. The van der Waals surface area contributed by atoms with Crippen molar-refractivity contribution >= 4 is 17.4 Å². The maximum Gasteiger partial charge on any atom is 0.164 e. The average molecular weight is 254 g/mol. The number of Topliss-reactive ketones (excluding diaryl/α,β-unsaturated/α-hetero) is 1. The zero-order valence-corrected chi connectivity index (χ0v) is 10.4. The van der Waals surface area contributed by atoms with Gasteiger partial charge in [0, 0.05) is 31.0 Å². The molecule has 1 saturated heterocycles. The van der Waals surface area contributed by atoms with Crippen LogP contribution in [0.25, 0.3) is 0 Å². The Balaban J connectivity index is 1.79. The SMILES string of the molecule is O=C(CCCC1CCCO1)c1ccncc1Cl. The summed E-state index contributed by atoms with van der Waals surface area (Å²) in [5.74, 6) is 0.0930. The van der Waals surface area contributed by atoms with Gasteiger partial charge in [-0.15, -0.1) is 0 Å². The largest absolute Gasteiger partial charge is 0.378 e. The molecular formula is C13H16ClNO2. The minimum atomic E-state index is 0.0930. The molecule has 1 fully saturated rings. The predicted molar refractivity (Wildman–Crippen MR) is 66.4 cm³/mol. The molecule has 0 radical (unpaired) electrons. The van der Waals surface area contributed by atoms with Gasteiger partial charge in [0.1, 0.15) is 0 Å². The standard InChI is InChI=1S/C13H16ClNO2/c14-12-9-15-7-6-11(12)13(16)5-1-3-10-4-2-8-17-10/h6-7,9-10H,1-5,8H2. The van der Waals surface area contributed by atoms with Gasteiger partial charge in [0.2, 0.25) is 0 Å². The molecule has 1 aromatic rings. The van der Waals surface area contributed by atoms with Gasteiger partial charge in [0.25, 0.3) is 0 Å². The highest BCUT2D eigenvalue weighted by atomic mass is 35.5. The first-order chi connectivity index (χ1) is 8.27. The Labute approximate surface area is 106 Å². The first-order valence-electron chi connectivity index (χ1n) is 6.01. The molecule has 0 amide bonds. The molecule has 0 saturated carbocycles. The van der Waals surface area contributed by atoms with E-state index in [9.17, 15) is 4.79 Å². The summed E-state index contributed by atoms with van der Waals surface area (Å²) in [6.07, 6.45) is 8.10. The van der Waals surface area contributed by atoms with Gasteiger partial charge < -0.3 is 4.74 Å². The van der Waals surface area contributed by atoms with Crippen molar-refractivity contribution in [3.63, 3.8) is 0 Å². The van der Waals surface area contributed by atoms with Gasteiger partial charge in [-0.25, -0.2) is 0 Å². The number of ketones is 1. The van der Waals surface area contributed by atoms with E-state index in [0.29, 0.717) is 23.1 Å². The second-order valence-electron chi connectivity index (χ2n) is 4.31. The summed E-state index contributed by atoms with van der Waals surface area (Å²) in [7, 11) is 0. The number of pyridine rings is 1. The monoisotopic (exact) mass is 253 g/mol. The van der Waals surface area contributed by atoms with Crippen molar-refractivity contribution < 1.29 is 9.53 Å². The maximum absolute atomic E-state index is 11.9. The Morgan fingerprint density at radius 3 is 3.18 bits per heavy atom. The van der Waals surface area contributed by atoms with Crippen molar-refractivity contribution in [2.45, 2.75) is 38.2 Å². The highest BCUT2D eigenvalue weighted by Crippen LogP contribution is 2.20. The van der Waals surface area contributed by atoms with Crippen LogP contribution in [0.1, 0.15) is 42.5 Å². The number of aromatic nitrogens is 1. The summed E-state index contributed by atoms with van der Waals surface area (Å²) in [6, 6.07) is 1.68. The first-order valence-corrected chi connectivity index (χ1v) is 6.39. The normalized spacial score (nSPS) is 19.5. The Morgan fingerprint density at radius 2 is 2.47 bits per heavy atom. The van der Waals surface area contributed by atoms with Gasteiger partial charge in [0.05, 0.1) is 11.1 Å². The van der Waals surface area contributed by atoms with E-state index in [2.05, 4.69) is 4.98 Å². The van der Waals surface area contributed by atoms with Crippen LogP contribution in [0.4, 0.5) is 0 Å². The second kappa shape index (κ2) is 6.12. The number of hydrogen-bond acceptors (Lipinski definition) is 3. The molecule has 1 atom stereocenters. The van der Waals surface area contributed by atoms with E-state index in [4.69, 9.17) is 16.3 Å². The van der Waals surface area contributed by atoms with E-state index in [-0.39, 0.29) is 5.78 Å². The number of halogens is 1. The molecule has 0 bridgehead atoms. The van der Waals surface area contributed by atoms with Crippen LogP contribution >= 0.6 is 11.6 Å². The number of nitrogens with zero attached hydrogens (tertiary/aromatic N) is 1.